The standard InChI is InChI=1S/C13H26N8/c1-4-21-7-5-10(6-8-21)9-15-11-16-12(19-14)18-13(17-11)20(2)3/h10H,4-9,14H2,1-3H3,(H2,15,16,17,18,19). The van der Waals surface area contributed by atoms with Gasteiger partial charge in [-0.15, -0.1) is 0 Å². The van der Waals surface area contributed by atoms with Gasteiger partial charge in [0.2, 0.25) is 17.8 Å². The number of nitrogen functional groups attached to an aromatic ring is 1. The number of nitrogens with zero attached hydrogens (tertiary/aromatic N) is 5. The molecule has 0 amide bonds. The van der Waals surface area contributed by atoms with Gasteiger partial charge in [0, 0.05) is 20.6 Å². The molecule has 118 valence electrons. The quantitative estimate of drug-likeness (QED) is 0.511. The molecule has 2 heterocycles. The zero-order valence-corrected chi connectivity index (χ0v) is 13.1. The summed E-state index contributed by atoms with van der Waals surface area (Å²) in [5.41, 5.74) is 2.48. The van der Waals surface area contributed by atoms with Crippen molar-refractivity contribution in [2.45, 2.75) is 19.8 Å². The fourth-order valence-electron chi connectivity index (χ4n) is 2.45. The van der Waals surface area contributed by atoms with Crippen LogP contribution >= 0.6 is 0 Å². The van der Waals surface area contributed by atoms with Crippen LogP contribution in [0.2, 0.25) is 0 Å². The van der Waals surface area contributed by atoms with Crippen LogP contribution in [0.15, 0.2) is 0 Å². The number of aromatic nitrogens is 3. The van der Waals surface area contributed by atoms with E-state index in [0.717, 1.165) is 13.1 Å². The lowest BCUT2D eigenvalue weighted by Crippen LogP contribution is -2.35. The van der Waals surface area contributed by atoms with Crippen LogP contribution in [0.5, 0.6) is 0 Å². The molecular formula is C13H26N8. The van der Waals surface area contributed by atoms with Gasteiger partial charge in [-0.3, -0.25) is 5.43 Å². The van der Waals surface area contributed by atoms with E-state index >= 15 is 0 Å². The first-order valence-corrected chi connectivity index (χ1v) is 7.48. The third-order valence-corrected chi connectivity index (χ3v) is 3.86. The summed E-state index contributed by atoms with van der Waals surface area (Å²) < 4.78 is 0. The Hall–Kier alpha value is -1.67. The van der Waals surface area contributed by atoms with Crippen LogP contribution < -0.4 is 21.5 Å². The number of hydrogen-bond donors (Lipinski definition) is 3. The molecule has 1 aromatic rings. The van der Waals surface area contributed by atoms with Crippen LogP contribution in [0, 0.1) is 5.92 Å². The zero-order chi connectivity index (χ0) is 15.2. The number of hydrazine groups is 1. The highest BCUT2D eigenvalue weighted by molar-refractivity contribution is 5.42. The molecule has 0 radical (unpaired) electrons. The van der Waals surface area contributed by atoms with E-state index in [2.05, 4.69) is 37.5 Å². The van der Waals surface area contributed by atoms with Crippen molar-refractivity contribution in [2.75, 3.05) is 55.9 Å². The van der Waals surface area contributed by atoms with Crippen LogP contribution in [-0.4, -0.2) is 60.1 Å². The van der Waals surface area contributed by atoms with Crippen LogP contribution in [0.3, 0.4) is 0 Å². The van der Waals surface area contributed by atoms with Crippen molar-refractivity contribution in [1.82, 2.24) is 19.9 Å². The predicted molar refractivity (Wildman–Crippen MR) is 85.3 cm³/mol. The topological polar surface area (TPSA) is 95.2 Å². The largest absolute Gasteiger partial charge is 0.354 e. The van der Waals surface area contributed by atoms with Gasteiger partial charge in [-0.25, -0.2) is 5.84 Å². The number of anilines is 3. The minimum Gasteiger partial charge on any atom is -0.354 e. The smallest absolute Gasteiger partial charge is 0.243 e. The molecule has 0 aromatic carbocycles. The van der Waals surface area contributed by atoms with E-state index in [1.807, 2.05) is 19.0 Å². The molecule has 1 fully saturated rings. The summed E-state index contributed by atoms with van der Waals surface area (Å²) in [6.07, 6.45) is 2.43. The Morgan fingerprint density at radius 1 is 1.19 bits per heavy atom. The lowest BCUT2D eigenvalue weighted by atomic mass is 9.97. The summed E-state index contributed by atoms with van der Waals surface area (Å²) in [6.45, 7) is 6.61. The monoisotopic (exact) mass is 294 g/mol. The molecule has 0 spiro atoms. The Labute approximate surface area is 126 Å². The highest BCUT2D eigenvalue weighted by atomic mass is 15.4. The molecule has 1 aliphatic rings. The first kappa shape index (κ1) is 15.7. The maximum atomic E-state index is 5.40. The third kappa shape index (κ3) is 4.40. The molecule has 4 N–H and O–H groups in total. The van der Waals surface area contributed by atoms with Crippen molar-refractivity contribution in [2.24, 2.45) is 11.8 Å². The van der Waals surface area contributed by atoms with E-state index in [-0.39, 0.29) is 0 Å². The van der Waals surface area contributed by atoms with Crippen LogP contribution in [0.1, 0.15) is 19.8 Å². The maximum Gasteiger partial charge on any atom is 0.243 e. The van der Waals surface area contributed by atoms with Gasteiger partial charge in [-0.2, -0.15) is 15.0 Å². The van der Waals surface area contributed by atoms with Crippen LogP contribution in [-0.2, 0) is 0 Å². The number of piperidine rings is 1. The molecule has 1 aliphatic heterocycles. The van der Waals surface area contributed by atoms with Crippen LogP contribution in [0.25, 0.3) is 0 Å². The molecule has 8 nitrogen and oxygen atoms in total. The number of rotatable bonds is 6. The average molecular weight is 294 g/mol. The lowest BCUT2D eigenvalue weighted by molar-refractivity contribution is 0.198. The minimum atomic E-state index is 0.372. The SMILES string of the molecule is CCN1CCC(CNc2nc(NN)nc(N(C)C)n2)CC1. The van der Waals surface area contributed by atoms with Gasteiger partial charge in [0.1, 0.15) is 0 Å². The number of nitrogens with one attached hydrogen (secondary N) is 2. The van der Waals surface area contributed by atoms with Crippen molar-refractivity contribution >= 4 is 17.8 Å². The van der Waals surface area contributed by atoms with Gasteiger partial charge in [0.05, 0.1) is 0 Å². The molecule has 8 heteroatoms. The highest BCUT2D eigenvalue weighted by Crippen LogP contribution is 2.18. The first-order chi connectivity index (χ1) is 10.1. The summed E-state index contributed by atoms with van der Waals surface area (Å²) in [6, 6.07) is 0. The Morgan fingerprint density at radius 3 is 2.43 bits per heavy atom. The highest BCUT2D eigenvalue weighted by Gasteiger charge is 2.18. The van der Waals surface area contributed by atoms with Gasteiger partial charge < -0.3 is 15.1 Å². The van der Waals surface area contributed by atoms with Gasteiger partial charge in [-0.05, 0) is 38.4 Å². The predicted octanol–water partition coefficient (Wildman–Crippen LogP) is 0.367. The zero-order valence-electron chi connectivity index (χ0n) is 13.1. The van der Waals surface area contributed by atoms with Gasteiger partial charge >= 0.3 is 0 Å². The molecule has 2 rings (SSSR count). The van der Waals surface area contributed by atoms with Crippen molar-refractivity contribution < 1.29 is 0 Å². The van der Waals surface area contributed by atoms with Crippen LogP contribution in [0.4, 0.5) is 17.8 Å². The molecule has 0 saturated carbocycles. The van der Waals surface area contributed by atoms with E-state index in [1.165, 1.54) is 25.9 Å². The molecule has 1 saturated heterocycles. The van der Waals surface area contributed by atoms with Gasteiger partial charge in [0.15, 0.2) is 0 Å². The number of likely N-dealkylation sites (tertiary alicyclic amines) is 1. The molecule has 21 heavy (non-hydrogen) atoms. The number of hydrogen-bond acceptors (Lipinski definition) is 8. The van der Waals surface area contributed by atoms with E-state index < -0.39 is 0 Å². The van der Waals surface area contributed by atoms with Gasteiger partial charge in [-0.1, -0.05) is 6.92 Å². The second kappa shape index (κ2) is 7.37. The summed E-state index contributed by atoms with van der Waals surface area (Å²) in [5.74, 6) is 7.60. The molecule has 0 aliphatic carbocycles. The second-order valence-corrected chi connectivity index (χ2v) is 5.58. The molecule has 0 atom stereocenters. The summed E-state index contributed by atoms with van der Waals surface area (Å²) in [4.78, 5) is 17.1. The second-order valence-electron chi connectivity index (χ2n) is 5.58. The Morgan fingerprint density at radius 2 is 1.86 bits per heavy atom. The van der Waals surface area contributed by atoms with Crippen molar-refractivity contribution in [1.29, 1.82) is 0 Å². The van der Waals surface area contributed by atoms with Crippen molar-refractivity contribution in [3.63, 3.8) is 0 Å². The average Bonchev–Trinajstić information content (AvgIpc) is 2.53. The Bertz CT molecular complexity index is 442. The van der Waals surface area contributed by atoms with E-state index in [1.54, 1.807) is 0 Å². The molecule has 0 unspecified atom stereocenters. The Kier molecular flexibility index (Phi) is 5.51. The van der Waals surface area contributed by atoms with Crippen molar-refractivity contribution in [3.8, 4) is 0 Å². The molecular weight excluding hydrogens is 268 g/mol. The van der Waals surface area contributed by atoms with E-state index in [9.17, 15) is 0 Å². The van der Waals surface area contributed by atoms with Gasteiger partial charge in [0.25, 0.3) is 0 Å². The summed E-state index contributed by atoms with van der Waals surface area (Å²) in [7, 11) is 3.78. The first-order valence-electron chi connectivity index (χ1n) is 7.48. The summed E-state index contributed by atoms with van der Waals surface area (Å²) >= 11 is 0. The fourth-order valence-corrected chi connectivity index (χ4v) is 2.45. The summed E-state index contributed by atoms with van der Waals surface area (Å²) in [5, 5.41) is 3.31. The third-order valence-electron chi connectivity index (χ3n) is 3.86. The normalized spacial score (nSPS) is 16.8. The van der Waals surface area contributed by atoms with E-state index in [4.69, 9.17) is 5.84 Å². The minimum absolute atomic E-state index is 0.372. The lowest BCUT2D eigenvalue weighted by Gasteiger charge is -2.31. The molecule has 1 aromatic heterocycles. The van der Waals surface area contributed by atoms with Crippen molar-refractivity contribution in [3.05, 3.63) is 0 Å². The fraction of sp³-hybridized carbons (Fsp3) is 0.769. The van der Waals surface area contributed by atoms with E-state index in [0.29, 0.717) is 23.8 Å². The Balaban J connectivity index is 1.92. The molecule has 0 bridgehead atoms. The maximum absolute atomic E-state index is 5.40. The number of nitrogens with two attached hydrogens (primary N) is 1.